The van der Waals surface area contributed by atoms with E-state index in [9.17, 15) is 20.4 Å². The monoisotopic (exact) mass is 371 g/mol. The maximum atomic E-state index is 10.6. The number of hydrogen-bond donors (Lipinski definition) is 6. The van der Waals surface area contributed by atoms with E-state index in [4.69, 9.17) is 4.74 Å². The van der Waals surface area contributed by atoms with Crippen LogP contribution < -0.4 is 10.6 Å². The molecule has 2 aliphatic heterocycles. The van der Waals surface area contributed by atoms with Crippen LogP contribution in [0.1, 0.15) is 51.4 Å². The van der Waals surface area contributed by atoms with Crippen molar-refractivity contribution in [1.82, 2.24) is 5.32 Å². The Bertz CT molecular complexity index is 459. The van der Waals surface area contributed by atoms with Crippen molar-refractivity contribution >= 4 is 0 Å². The van der Waals surface area contributed by atoms with Gasteiger partial charge in [0.2, 0.25) is 0 Å². The molecule has 0 aromatic carbocycles. The first-order valence-electron chi connectivity index (χ1n) is 10.5. The Morgan fingerprint density at radius 2 is 1.38 bits per heavy atom. The molecule has 2 saturated heterocycles. The molecule has 0 bridgehead atoms. The lowest BCUT2D eigenvalue weighted by Crippen LogP contribution is -3.02. The van der Waals surface area contributed by atoms with Gasteiger partial charge in [-0.1, -0.05) is 12.8 Å². The molecule has 150 valence electrons. The van der Waals surface area contributed by atoms with E-state index in [0.29, 0.717) is 23.9 Å². The van der Waals surface area contributed by atoms with Gasteiger partial charge in [-0.3, -0.25) is 0 Å². The quantitative estimate of drug-likeness (QED) is 0.357. The number of hydrogen-bond acceptors (Lipinski definition) is 6. The van der Waals surface area contributed by atoms with Crippen LogP contribution in [0.5, 0.6) is 0 Å². The van der Waals surface area contributed by atoms with E-state index in [1.54, 1.807) is 0 Å². The van der Waals surface area contributed by atoms with Crippen LogP contribution in [0, 0.1) is 11.8 Å². The summed E-state index contributed by atoms with van der Waals surface area (Å²) in [5.41, 5.74) is 0. The number of nitrogens with two attached hydrogens (primary N) is 1. The summed E-state index contributed by atoms with van der Waals surface area (Å²) in [7, 11) is 0. The van der Waals surface area contributed by atoms with Crippen molar-refractivity contribution in [2.24, 2.45) is 11.8 Å². The first kappa shape index (κ1) is 19.1. The van der Waals surface area contributed by atoms with Gasteiger partial charge in [-0.2, -0.15) is 0 Å². The van der Waals surface area contributed by atoms with E-state index in [-0.39, 0.29) is 6.04 Å². The topological polar surface area (TPSA) is 119 Å². The second-order valence-corrected chi connectivity index (χ2v) is 8.86. The lowest BCUT2D eigenvalue weighted by Gasteiger charge is -2.52. The molecule has 0 amide bonds. The van der Waals surface area contributed by atoms with E-state index < -0.39 is 37.3 Å². The lowest BCUT2D eigenvalue weighted by molar-refractivity contribution is -0.749. The first-order chi connectivity index (χ1) is 12.6. The maximum absolute atomic E-state index is 10.6. The Morgan fingerprint density at radius 1 is 0.808 bits per heavy atom. The average Bonchev–Trinajstić information content (AvgIpc) is 2.67. The molecule has 7 N–H and O–H groups in total. The largest absolute Gasteiger partial charge is 0.394 e. The van der Waals surface area contributed by atoms with Gasteiger partial charge in [-0.15, -0.1) is 0 Å². The molecular weight excluding hydrogens is 336 g/mol. The zero-order valence-corrected chi connectivity index (χ0v) is 15.4. The Hall–Kier alpha value is -0.280. The second kappa shape index (κ2) is 7.99. The Morgan fingerprint density at radius 3 is 1.96 bits per heavy atom. The number of aliphatic hydroxyl groups excluding tert-OH is 4. The fourth-order valence-electron chi connectivity index (χ4n) is 6.13. The van der Waals surface area contributed by atoms with Crippen molar-refractivity contribution in [3.63, 3.8) is 0 Å². The SMILES string of the molecule is OC[C@@H]1O[C@H](O)[C@@H](NC2C3CCCCC3[NH2+]C3CCCCC32)[C@@H](O)[C@@H]1O. The van der Waals surface area contributed by atoms with Crippen molar-refractivity contribution in [3.05, 3.63) is 0 Å². The van der Waals surface area contributed by atoms with Gasteiger partial charge in [0.05, 0.1) is 24.7 Å². The third kappa shape index (κ3) is 3.43. The van der Waals surface area contributed by atoms with Crippen LogP contribution in [0.25, 0.3) is 0 Å². The number of fused-ring (bicyclic) bond motifs is 2. The highest BCUT2D eigenvalue weighted by Gasteiger charge is 2.52. The maximum Gasteiger partial charge on any atom is 0.173 e. The van der Waals surface area contributed by atoms with Crippen molar-refractivity contribution in [2.75, 3.05) is 6.61 Å². The van der Waals surface area contributed by atoms with Gasteiger partial charge in [0.25, 0.3) is 0 Å². The summed E-state index contributed by atoms with van der Waals surface area (Å²) in [6.07, 6.45) is 5.41. The third-order valence-electron chi connectivity index (χ3n) is 7.45. The summed E-state index contributed by atoms with van der Waals surface area (Å²) in [6, 6.07) is 0.761. The molecule has 2 heterocycles. The molecule has 4 unspecified atom stereocenters. The summed E-state index contributed by atoms with van der Waals surface area (Å²) < 4.78 is 5.37. The van der Waals surface area contributed by atoms with Crippen molar-refractivity contribution in [1.29, 1.82) is 0 Å². The molecule has 0 radical (unpaired) electrons. The van der Waals surface area contributed by atoms with Gasteiger partial charge in [-0.05, 0) is 38.5 Å². The predicted molar refractivity (Wildman–Crippen MR) is 94.1 cm³/mol. The van der Waals surface area contributed by atoms with Crippen molar-refractivity contribution in [3.8, 4) is 0 Å². The molecule has 2 aliphatic carbocycles. The van der Waals surface area contributed by atoms with Gasteiger partial charge < -0.3 is 35.8 Å². The molecule has 2 saturated carbocycles. The van der Waals surface area contributed by atoms with Crippen LogP contribution >= 0.6 is 0 Å². The number of rotatable bonds is 3. The standard InChI is InChI=1S/C19H34N2O5/c22-9-14-17(23)18(24)16(19(25)26-14)21-15-10-5-1-3-7-12(10)20-13-8-4-2-6-11(13)15/h10-25H,1-9H2/p+1/t10?,11?,12?,13?,14-,15?,16-,17+,18+,19-/m0/s1. The smallest absolute Gasteiger partial charge is 0.173 e. The molecule has 7 heteroatoms. The van der Waals surface area contributed by atoms with Crippen LogP contribution in [0.2, 0.25) is 0 Å². The molecular formula is C19H35N2O5+. The van der Waals surface area contributed by atoms with Crippen LogP contribution in [0.3, 0.4) is 0 Å². The summed E-state index contributed by atoms with van der Waals surface area (Å²) >= 11 is 0. The van der Waals surface area contributed by atoms with E-state index in [2.05, 4.69) is 10.6 Å². The summed E-state index contributed by atoms with van der Waals surface area (Å²) in [5.74, 6) is 1.07. The molecule has 0 spiro atoms. The van der Waals surface area contributed by atoms with Crippen molar-refractivity contribution in [2.45, 2.75) is 100 Å². The summed E-state index contributed by atoms with van der Waals surface area (Å²) in [5, 5.41) is 46.6. The average molecular weight is 371 g/mol. The van der Waals surface area contributed by atoms with Crippen LogP contribution in [-0.2, 0) is 4.74 Å². The third-order valence-corrected chi connectivity index (χ3v) is 7.45. The van der Waals surface area contributed by atoms with Crippen LogP contribution in [-0.4, -0.2) is 75.8 Å². The highest BCUT2D eigenvalue weighted by atomic mass is 16.6. The fourth-order valence-corrected chi connectivity index (χ4v) is 6.13. The molecule has 4 rings (SSSR count). The number of nitrogens with one attached hydrogen (secondary N) is 1. The highest BCUT2D eigenvalue weighted by molar-refractivity contribution is 5.01. The Labute approximate surface area is 155 Å². The van der Waals surface area contributed by atoms with Crippen molar-refractivity contribution < 1.29 is 30.5 Å². The number of piperidine rings is 1. The van der Waals surface area contributed by atoms with Crippen LogP contribution in [0.4, 0.5) is 0 Å². The van der Waals surface area contributed by atoms with Gasteiger partial charge in [0.15, 0.2) is 6.29 Å². The first-order valence-corrected chi connectivity index (χ1v) is 10.5. The Kier molecular flexibility index (Phi) is 5.86. The molecule has 0 aromatic heterocycles. The number of quaternary nitrogens is 1. The predicted octanol–water partition coefficient (Wildman–Crippen LogP) is -1.56. The number of aliphatic hydroxyl groups is 4. The molecule has 4 aliphatic rings. The summed E-state index contributed by atoms with van der Waals surface area (Å²) in [4.78, 5) is 0. The lowest BCUT2D eigenvalue weighted by atomic mass is 9.65. The van der Waals surface area contributed by atoms with Gasteiger partial charge in [0, 0.05) is 17.9 Å². The Balaban J connectivity index is 1.53. The van der Waals surface area contributed by atoms with E-state index >= 15 is 0 Å². The van der Waals surface area contributed by atoms with E-state index in [1.165, 1.54) is 51.4 Å². The highest BCUT2D eigenvalue weighted by Crippen LogP contribution is 2.38. The van der Waals surface area contributed by atoms with Gasteiger partial charge in [0.1, 0.15) is 18.3 Å². The fraction of sp³-hybridized carbons (Fsp3) is 1.00. The zero-order valence-electron chi connectivity index (χ0n) is 15.4. The molecule has 26 heavy (non-hydrogen) atoms. The van der Waals surface area contributed by atoms with Crippen LogP contribution in [0.15, 0.2) is 0 Å². The molecule has 0 aromatic rings. The molecule has 4 fully saturated rings. The van der Waals surface area contributed by atoms with Gasteiger partial charge >= 0.3 is 0 Å². The summed E-state index contributed by atoms with van der Waals surface area (Å²) in [6.45, 7) is -0.421. The molecule has 9 atom stereocenters. The minimum absolute atomic E-state index is 0.242. The van der Waals surface area contributed by atoms with E-state index in [1.807, 2.05) is 0 Å². The minimum atomic E-state index is -1.22. The molecule has 7 nitrogen and oxygen atoms in total. The zero-order chi connectivity index (χ0) is 18.3. The minimum Gasteiger partial charge on any atom is -0.394 e. The second-order valence-electron chi connectivity index (χ2n) is 8.86. The number of ether oxygens (including phenoxy) is 1. The van der Waals surface area contributed by atoms with E-state index in [0.717, 1.165) is 0 Å². The normalized spacial score (nSPS) is 52.2. The van der Waals surface area contributed by atoms with Gasteiger partial charge in [-0.25, -0.2) is 0 Å².